The molecular weight excluding hydrogens is 210 g/mol. The molecule has 0 spiro atoms. The van der Waals surface area contributed by atoms with E-state index in [0.29, 0.717) is 11.4 Å². The molecular formula is C11H15NO4. The Hall–Kier alpha value is -1.75. The number of para-hydroxylation sites is 2. The van der Waals surface area contributed by atoms with Gasteiger partial charge in [0.1, 0.15) is 5.75 Å². The lowest BCUT2D eigenvalue weighted by molar-refractivity contribution is -0.154. The van der Waals surface area contributed by atoms with Crippen LogP contribution in [0.4, 0.5) is 5.69 Å². The Morgan fingerprint density at radius 2 is 2.12 bits per heavy atom. The van der Waals surface area contributed by atoms with Gasteiger partial charge >= 0.3 is 5.97 Å². The normalized spacial score (nSPS) is 9.81. The Bertz CT molecular complexity index is 341. The maximum absolute atomic E-state index is 11.1. The largest absolute Gasteiger partial charge is 0.491 e. The average Bonchev–Trinajstić information content (AvgIpc) is 2.29. The number of rotatable bonds is 6. The maximum atomic E-state index is 11.1. The minimum absolute atomic E-state index is 0.0354. The smallest absolute Gasteiger partial charge is 0.311 e. The van der Waals surface area contributed by atoms with Crippen LogP contribution >= 0.6 is 0 Å². The molecule has 1 aromatic carbocycles. The van der Waals surface area contributed by atoms with Crippen LogP contribution in [-0.2, 0) is 14.3 Å². The first-order valence-electron chi connectivity index (χ1n) is 4.86. The van der Waals surface area contributed by atoms with Gasteiger partial charge in [0.2, 0.25) is 0 Å². The molecule has 0 atom stereocenters. The van der Waals surface area contributed by atoms with Crippen molar-refractivity contribution >= 4 is 11.7 Å². The number of hydrogen-bond donors (Lipinski definition) is 1. The standard InChI is InChI=1S/C11H15NO4/c1-14-8-16-11(13)6-7-15-10-5-3-2-4-9(10)12/h2-5H,6-8,12H2,1H3. The van der Waals surface area contributed by atoms with Crippen LogP contribution in [-0.4, -0.2) is 26.5 Å². The quantitative estimate of drug-likeness (QED) is 0.447. The summed E-state index contributed by atoms with van der Waals surface area (Å²) in [4.78, 5) is 11.1. The monoisotopic (exact) mass is 225 g/mol. The molecule has 0 unspecified atom stereocenters. The van der Waals surface area contributed by atoms with Crippen molar-refractivity contribution in [3.8, 4) is 5.75 Å². The molecule has 5 nitrogen and oxygen atoms in total. The first kappa shape index (κ1) is 12.3. The van der Waals surface area contributed by atoms with E-state index in [4.69, 9.17) is 10.5 Å². The van der Waals surface area contributed by atoms with Gasteiger partial charge in [-0.2, -0.15) is 0 Å². The molecule has 5 heteroatoms. The fraction of sp³-hybridized carbons (Fsp3) is 0.364. The zero-order valence-corrected chi connectivity index (χ0v) is 9.14. The summed E-state index contributed by atoms with van der Waals surface area (Å²) in [6, 6.07) is 7.11. The highest BCUT2D eigenvalue weighted by molar-refractivity contribution is 5.69. The van der Waals surface area contributed by atoms with Crippen LogP contribution in [0.2, 0.25) is 0 Å². The first-order chi connectivity index (χ1) is 7.74. The highest BCUT2D eigenvalue weighted by Crippen LogP contribution is 2.19. The highest BCUT2D eigenvalue weighted by Gasteiger charge is 2.04. The summed E-state index contributed by atoms with van der Waals surface area (Å²) in [5.41, 5.74) is 6.21. The van der Waals surface area contributed by atoms with Gasteiger partial charge in [0.25, 0.3) is 0 Å². The molecule has 1 aromatic rings. The second-order valence-electron chi connectivity index (χ2n) is 3.06. The summed E-state index contributed by atoms with van der Waals surface area (Å²) < 4.78 is 14.6. The molecule has 0 bridgehead atoms. The van der Waals surface area contributed by atoms with Crippen molar-refractivity contribution in [3.63, 3.8) is 0 Å². The molecule has 0 heterocycles. The molecule has 0 amide bonds. The fourth-order valence-electron chi connectivity index (χ4n) is 1.05. The summed E-state index contributed by atoms with van der Waals surface area (Å²) in [6.07, 6.45) is 0.164. The number of carbonyl (C=O) groups is 1. The molecule has 16 heavy (non-hydrogen) atoms. The lowest BCUT2D eigenvalue weighted by atomic mass is 10.3. The Morgan fingerprint density at radius 3 is 2.81 bits per heavy atom. The molecule has 0 fully saturated rings. The molecule has 0 aliphatic rings. The molecule has 0 saturated heterocycles. The van der Waals surface area contributed by atoms with E-state index in [1.807, 2.05) is 12.1 Å². The van der Waals surface area contributed by atoms with Crippen LogP contribution in [0.25, 0.3) is 0 Å². The lowest BCUT2D eigenvalue weighted by Crippen LogP contribution is -2.11. The predicted molar refractivity (Wildman–Crippen MR) is 58.9 cm³/mol. The van der Waals surface area contributed by atoms with Crippen LogP contribution in [0.1, 0.15) is 6.42 Å². The number of nitrogen functional groups attached to an aromatic ring is 1. The number of esters is 1. The van der Waals surface area contributed by atoms with E-state index in [-0.39, 0.29) is 25.8 Å². The third-order valence-electron chi connectivity index (χ3n) is 1.82. The predicted octanol–water partition coefficient (Wildman–Crippen LogP) is 1.18. The zero-order valence-electron chi connectivity index (χ0n) is 9.14. The van der Waals surface area contributed by atoms with Crippen molar-refractivity contribution in [2.24, 2.45) is 0 Å². The van der Waals surface area contributed by atoms with E-state index in [1.165, 1.54) is 7.11 Å². The fourth-order valence-corrected chi connectivity index (χ4v) is 1.05. The van der Waals surface area contributed by atoms with Crippen LogP contribution < -0.4 is 10.5 Å². The summed E-state index contributed by atoms with van der Waals surface area (Å²) in [6.45, 7) is 0.197. The second kappa shape index (κ2) is 6.68. The van der Waals surface area contributed by atoms with Gasteiger partial charge in [-0.05, 0) is 12.1 Å². The van der Waals surface area contributed by atoms with Crippen molar-refractivity contribution in [1.29, 1.82) is 0 Å². The average molecular weight is 225 g/mol. The first-order valence-corrected chi connectivity index (χ1v) is 4.86. The van der Waals surface area contributed by atoms with Crippen LogP contribution in [0.3, 0.4) is 0 Å². The van der Waals surface area contributed by atoms with Crippen LogP contribution in [0, 0.1) is 0 Å². The number of methoxy groups -OCH3 is 1. The van der Waals surface area contributed by atoms with E-state index in [2.05, 4.69) is 9.47 Å². The number of nitrogens with two attached hydrogens (primary N) is 1. The number of ether oxygens (including phenoxy) is 3. The van der Waals surface area contributed by atoms with Crippen molar-refractivity contribution in [2.45, 2.75) is 6.42 Å². The van der Waals surface area contributed by atoms with Crippen LogP contribution in [0.5, 0.6) is 5.75 Å². The minimum atomic E-state index is -0.364. The Labute approximate surface area is 94.1 Å². The molecule has 1 rings (SSSR count). The number of anilines is 1. The summed E-state index contributed by atoms with van der Waals surface area (Å²) in [5, 5.41) is 0. The van der Waals surface area contributed by atoms with Gasteiger partial charge in [-0.15, -0.1) is 0 Å². The minimum Gasteiger partial charge on any atom is -0.491 e. The van der Waals surface area contributed by atoms with Crippen molar-refractivity contribution in [2.75, 3.05) is 26.2 Å². The molecule has 0 saturated carbocycles. The summed E-state index contributed by atoms with van der Waals surface area (Å²) in [7, 11) is 1.45. The molecule has 0 aliphatic carbocycles. The number of carbonyl (C=O) groups excluding carboxylic acids is 1. The van der Waals surface area contributed by atoms with Gasteiger partial charge in [-0.1, -0.05) is 12.1 Å². The highest BCUT2D eigenvalue weighted by atomic mass is 16.7. The SMILES string of the molecule is COCOC(=O)CCOc1ccccc1N. The Morgan fingerprint density at radius 1 is 1.38 bits per heavy atom. The van der Waals surface area contributed by atoms with Gasteiger partial charge in [0, 0.05) is 7.11 Å². The lowest BCUT2D eigenvalue weighted by Gasteiger charge is -2.08. The van der Waals surface area contributed by atoms with Gasteiger partial charge in [-0.3, -0.25) is 4.79 Å². The Balaban J connectivity index is 2.25. The van der Waals surface area contributed by atoms with Crippen molar-refractivity contribution in [1.82, 2.24) is 0 Å². The third-order valence-corrected chi connectivity index (χ3v) is 1.82. The second-order valence-corrected chi connectivity index (χ2v) is 3.06. The Kier molecular flexibility index (Phi) is 5.15. The van der Waals surface area contributed by atoms with Gasteiger partial charge in [-0.25, -0.2) is 0 Å². The van der Waals surface area contributed by atoms with E-state index in [9.17, 15) is 4.79 Å². The van der Waals surface area contributed by atoms with E-state index < -0.39 is 0 Å². The summed E-state index contributed by atoms with van der Waals surface area (Å²) >= 11 is 0. The third kappa shape index (κ3) is 4.18. The maximum Gasteiger partial charge on any atom is 0.311 e. The molecule has 2 N–H and O–H groups in total. The zero-order chi connectivity index (χ0) is 11.8. The van der Waals surface area contributed by atoms with Gasteiger partial charge < -0.3 is 19.9 Å². The molecule has 88 valence electrons. The van der Waals surface area contributed by atoms with E-state index >= 15 is 0 Å². The van der Waals surface area contributed by atoms with Gasteiger partial charge in [0.05, 0.1) is 18.7 Å². The van der Waals surface area contributed by atoms with Crippen LogP contribution in [0.15, 0.2) is 24.3 Å². The number of benzene rings is 1. The number of hydrogen-bond acceptors (Lipinski definition) is 5. The van der Waals surface area contributed by atoms with E-state index in [1.54, 1.807) is 12.1 Å². The molecule has 0 radical (unpaired) electrons. The van der Waals surface area contributed by atoms with E-state index in [0.717, 1.165) is 0 Å². The van der Waals surface area contributed by atoms with Crippen molar-refractivity contribution in [3.05, 3.63) is 24.3 Å². The van der Waals surface area contributed by atoms with Gasteiger partial charge in [0.15, 0.2) is 6.79 Å². The molecule has 0 aliphatic heterocycles. The van der Waals surface area contributed by atoms with Crippen molar-refractivity contribution < 1.29 is 19.0 Å². The topological polar surface area (TPSA) is 70.8 Å². The molecule has 0 aromatic heterocycles. The summed E-state index contributed by atoms with van der Waals surface area (Å²) in [5.74, 6) is 0.207.